The van der Waals surface area contributed by atoms with Gasteiger partial charge in [-0.1, -0.05) is 11.6 Å². The van der Waals surface area contributed by atoms with Crippen LogP contribution in [-0.4, -0.2) is 43.9 Å². The number of methoxy groups -OCH3 is 1. The van der Waals surface area contributed by atoms with Crippen molar-refractivity contribution in [1.82, 2.24) is 5.32 Å². The number of hydrogen-bond donors (Lipinski definition) is 2. The number of carbonyl (C=O) groups excluding carboxylic acids is 2. The quantitative estimate of drug-likeness (QED) is 0.601. The average molecular weight is 288 g/mol. The first-order valence-electron chi connectivity index (χ1n) is 5.46. The van der Waals surface area contributed by atoms with E-state index in [1.807, 2.05) is 0 Å². The molecule has 0 aliphatic heterocycles. The maximum absolute atomic E-state index is 11.6. The second-order valence-electron chi connectivity index (χ2n) is 3.58. The van der Waals surface area contributed by atoms with Gasteiger partial charge in [-0.15, -0.1) is 0 Å². The number of carbonyl (C=O) groups is 2. The van der Waals surface area contributed by atoms with Gasteiger partial charge in [-0.05, 0) is 18.2 Å². The van der Waals surface area contributed by atoms with Gasteiger partial charge in [0.15, 0.2) is 6.61 Å². The van der Waals surface area contributed by atoms with Gasteiger partial charge in [-0.2, -0.15) is 0 Å². The van der Waals surface area contributed by atoms with E-state index in [4.69, 9.17) is 21.1 Å². The van der Waals surface area contributed by atoms with Crippen LogP contribution in [0.5, 0.6) is 5.75 Å². The third kappa shape index (κ3) is 5.15. The third-order valence-electron chi connectivity index (χ3n) is 2.14. The van der Waals surface area contributed by atoms with Gasteiger partial charge in [-0.25, -0.2) is 4.79 Å². The predicted octanol–water partition coefficient (Wildman–Crippen LogP) is 0.965. The van der Waals surface area contributed by atoms with E-state index < -0.39 is 18.5 Å². The molecule has 104 valence electrons. The van der Waals surface area contributed by atoms with Crippen LogP contribution >= 0.6 is 11.6 Å². The van der Waals surface area contributed by atoms with Crippen LogP contribution < -0.4 is 5.32 Å². The number of benzene rings is 1. The number of rotatable bonds is 6. The summed E-state index contributed by atoms with van der Waals surface area (Å²) < 4.78 is 9.49. The van der Waals surface area contributed by atoms with Crippen LogP contribution in [0.3, 0.4) is 0 Å². The maximum atomic E-state index is 11.6. The third-order valence-corrected chi connectivity index (χ3v) is 2.38. The zero-order valence-corrected chi connectivity index (χ0v) is 11.1. The van der Waals surface area contributed by atoms with Crippen molar-refractivity contribution in [2.24, 2.45) is 0 Å². The van der Waals surface area contributed by atoms with Gasteiger partial charge in [0.1, 0.15) is 11.3 Å². The van der Waals surface area contributed by atoms with Crippen LogP contribution in [0.1, 0.15) is 10.4 Å². The molecule has 0 aromatic heterocycles. The fourth-order valence-corrected chi connectivity index (χ4v) is 1.40. The van der Waals surface area contributed by atoms with Crippen molar-refractivity contribution in [2.75, 3.05) is 26.9 Å². The lowest BCUT2D eigenvalue weighted by atomic mass is 10.2. The number of phenols is 1. The fourth-order valence-electron chi connectivity index (χ4n) is 1.22. The van der Waals surface area contributed by atoms with E-state index in [9.17, 15) is 14.7 Å². The van der Waals surface area contributed by atoms with Crippen molar-refractivity contribution in [3.63, 3.8) is 0 Å². The number of aromatic hydroxyl groups is 1. The normalized spacial score (nSPS) is 10.0. The number of esters is 1. The molecule has 19 heavy (non-hydrogen) atoms. The van der Waals surface area contributed by atoms with Gasteiger partial charge >= 0.3 is 5.97 Å². The average Bonchev–Trinajstić information content (AvgIpc) is 2.39. The van der Waals surface area contributed by atoms with Gasteiger partial charge in [-0.3, -0.25) is 4.79 Å². The molecule has 0 aliphatic carbocycles. The standard InChI is InChI=1S/C12H14ClNO5/c1-18-5-4-14-11(16)7-19-12(17)9-6-8(13)2-3-10(9)15/h2-3,6,15H,4-5,7H2,1H3,(H,14,16). The summed E-state index contributed by atoms with van der Waals surface area (Å²) in [6.45, 7) is 0.262. The highest BCUT2D eigenvalue weighted by Gasteiger charge is 2.14. The molecule has 0 saturated heterocycles. The first-order valence-corrected chi connectivity index (χ1v) is 5.83. The number of ether oxygens (including phenoxy) is 2. The first-order chi connectivity index (χ1) is 9.04. The van der Waals surface area contributed by atoms with E-state index in [-0.39, 0.29) is 16.3 Å². The Labute approximate surface area is 115 Å². The first kappa shape index (κ1) is 15.3. The van der Waals surface area contributed by atoms with Crippen LogP contribution in [0.15, 0.2) is 18.2 Å². The highest BCUT2D eigenvalue weighted by Crippen LogP contribution is 2.22. The topological polar surface area (TPSA) is 84.9 Å². The van der Waals surface area contributed by atoms with E-state index in [1.165, 1.54) is 25.3 Å². The zero-order chi connectivity index (χ0) is 14.3. The number of halogens is 1. The second kappa shape index (κ2) is 7.60. The summed E-state index contributed by atoms with van der Waals surface area (Å²) in [7, 11) is 1.51. The summed E-state index contributed by atoms with van der Waals surface area (Å²) in [5.74, 6) is -1.52. The lowest BCUT2D eigenvalue weighted by Crippen LogP contribution is -2.31. The maximum Gasteiger partial charge on any atom is 0.342 e. The van der Waals surface area contributed by atoms with Gasteiger partial charge in [0.2, 0.25) is 0 Å². The highest BCUT2D eigenvalue weighted by molar-refractivity contribution is 6.31. The SMILES string of the molecule is COCCNC(=O)COC(=O)c1cc(Cl)ccc1O. The molecular weight excluding hydrogens is 274 g/mol. The van der Waals surface area contributed by atoms with E-state index >= 15 is 0 Å². The van der Waals surface area contributed by atoms with Gasteiger partial charge < -0.3 is 19.9 Å². The van der Waals surface area contributed by atoms with Crippen molar-refractivity contribution in [1.29, 1.82) is 0 Å². The van der Waals surface area contributed by atoms with E-state index in [1.54, 1.807) is 0 Å². The Kier molecular flexibility index (Phi) is 6.11. The molecule has 0 fully saturated rings. The van der Waals surface area contributed by atoms with Crippen molar-refractivity contribution >= 4 is 23.5 Å². The van der Waals surface area contributed by atoms with Gasteiger partial charge in [0.05, 0.1) is 6.61 Å². The molecule has 1 rings (SSSR count). The molecule has 2 N–H and O–H groups in total. The van der Waals surface area contributed by atoms with Gasteiger partial charge in [0, 0.05) is 18.7 Å². The molecule has 0 unspecified atom stereocenters. The lowest BCUT2D eigenvalue weighted by molar-refractivity contribution is -0.124. The molecule has 1 aromatic rings. The number of amides is 1. The van der Waals surface area contributed by atoms with Crippen molar-refractivity contribution in [3.05, 3.63) is 28.8 Å². The molecule has 0 saturated carbocycles. The summed E-state index contributed by atoms with van der Waals surface area (Å²) in [5.41, 5.74) is -0.0859. The Balaban J connectivity index is 2.47. The van der Waals surface area contributed by atoms with E-state index in [0.717, 1.165) is 0 Å². The van der Waals surface area contributed by atoms with Crippen molar-refractivity contribution in [3.8, 4) is 5.75 Å². The van der Waals surface area contributed by atoms with Crippen molar-refractivity contribution in [2.45, 2.75) is 0 Å². The molecule has 1 amide bonds. The van der Waals surface area contributed by atoms with Gasteiger partial charge in [0.25, 0.3) is 5.91 Å². The second-order valence-corrected chi connectivity index (χ2v) is 4.02. The Morgan fingerprint density at radius 3 is 2.84 bits per heavy atom. The van der Waals surface area contributed by atoms with Crippen LogP contribution in [0, 0.1) is 0 Å². The zero-order valence-electron chi connectivity index (χ0n) is 10.3. The molecular formula is C12H14ClNO5. The monoisotopic (exact) mass is 287 g/mol. The Bertz CT molecular complexity index is 463. The summed E-state index contributed by atoms with van der Waals surface area (Å²) in [6, 6.07) is 3.98. The smallest absolute Gasteiger partial charge is 0.342 e. The Hall–Kier alpha value is -1.79. The molecule has 0 radical (unpaired) electrons. The van der Waals surface area contributed by atoms with Crippen molar-refractivity contribution < 1.29 is 24.2 Å². The lowest BCUT2D eigenvalue weighted by Gasteiger charge is -2.07. The Morgan fingerprint density at radius 1 is 1.42 bits per heavy atom. The minimum absolute atomic E-state index is 0.0859. The largest absolute Gasteiger partial charge is 0.507 e. The van der Waals surface area contributed by atoms with Crippen LogP contribution in [0.25, 0.3) is 0 Å². The number of nitrogens with one attached hydrogen (secondary N) is 1. The molecule has 0 atom stereocenters. The summed E-state index contributed by atoms with van der Waals surface area (Å²) >= 11 is 5.70. The predicted molar refractivity (Wildman–Crippen MR) is 68.3 cm³/mol. The number of hydrogen-bond acceptors (Lipinski definition) is 5. The molecule has 0 bridgehead atoms. The van der Waals surface area contributed by atoms with E-state index in [2.05, 4.69) is 5.32 Å². The summed E-state index contributed by atoms with van der Waals surface area (Å²) in [5, 5.41) is 12.2. The number of phenolic OH excluding ortho intramolecular Hbond substituents is 1. The molecule has 6 nitrogen and oxygen atoms in total. The summed E-state index contributed by atoms with van der Waals surface area (Å²) in [6.07, 6.45) is 0. The van der Waals surface area contributed by atoms with Crippen LogP contribution in [0.4, 0.5) is 0 Å². The highest BCUT2D eigenvalue weighted by atomic mass is 35.5. The summed E-state index contributed by atoms with van der Waals surface area (Å²) in [4.78, 5) is 22.9. The molecule has 0 heterocycles. The minimum atomic E-state index is -0.818. The molecule has 1 aromatic carbocycles. The van der Waals surface area contributed by atoms with E-state index in [0.29, 0.717) is 13.2 Å². The molecule has 0 spiro atoms. The Morgan fingerprint density at radius 2 is 2.16 bits per heavy atom. The van der Waals surface area contributed by atoms with Crippen LogP contribution in [0.2, 0.25) is 5.02 Å². The fraction of sp³-hybridized carbons (Fsp3) is 0.333. The molecule has 0 aliphatic rings. The molecule has 7 heteroatoms. The van der Waals surface area contributed by atoms with Crippen LogP contribution in [-0.2, 0) is 14.3 Å². The minimum Gasteiger partial charge on any atom is -0.507 e.